The van der Waals surface area contributed by atoms with Crippen LogP contribution in [0, 0.1) is 5.41 Å². The van der Waals surface area contributed by atoms with Crippen molar-refractivity contribution in [2.24, 2.45) is 5.41 Å². The van der Waals surface area contributed by atoms with Crippen molar-refractivity contribution in [3.05, 3.63) is 17.9 Å². The largest absolute Gasteiger partial charge is 0.447 e. The van der Waals surface area contributed by atoms with Crippen LogP contribution in [0.3, 0.4) is 0 Å². The normalized spacial score (nSPS) is 12.8. The Hall–Kier alpha value is -0.850. The second-order valence-electron chi connectivity index (χ2n) is 5.78. The molecule has 0 aromatic carbocycles. The first kappa shape index (κ1) is 16.2. The van der Waals surface area contributed by atoms with E-state index in [-0.39, 0.29) is 10.5 Å². The molecule has 0 aliphatic heterocycles. The van der Waals surface area contributed by atoms with E-state index in [1.807, 2.05) is 20.8 Å². The average Bonchev–Trinajstić information content (AvgIpc) is 2.76. The molecule has 0 saturated carbocycles. The fraction of sp³-hybridized carbons (Fsp3) is 0.692. The van der Waals surface area contributed by atoms with Crippen molar-refractivity contribution in [3.63, 3.8) is 0 Å². The zero-order chi connectivity index (χ0) is 14.5. The van der Waals surface area contributed by atoms with Gasteiger partial charge in [0.2, 0.25) is 5.09 Å². The lowest BCUT2D eigenvalue weighted by Crippen LogP contribution is -2.32. The molecular weight excluding hydrogens is 264 g/mol. The van der Waals surface area contributed by atoms with Gasteiger partial charge < -0.3 is 9.73 Å². The molecule has 0 spiro atoms. The highest BCUT2D eigenvalue weighted by atomic mass is 32.2. The Morgan fingerprint density at radius 1 is 1.26 bits per heavy atom. The van der Waals surface area contributed by atoms with Gasteiger partial charge in [-0.3, -0.25) is 0 Å². The SMILES string of the molecule is CCCNCc1ccc(S(=O)(=O)NCC(C)(C)C)o1. The first-order chi connectivity index (χ1) is 8.74. The van der Waals surface area contributed by atoms with E-state index in [2.05, 4.69) is 17.0 Å². The maximum Gasteiger partial charge on any atom is 0.273 e. The molecule has 2 N–H and O–H groups in total. The van der Waals surface area contributed by atoms with E-state index in [0.29, 0.717) is 18.8 Å². The van der Waals surface area contributed by atoms with Crippen LogP contribution >= 0.6 is 0 Å². The lowest BCUT2D eigenvalue weighted by molar-refractivity contribution is 0.385. The highest BCUT2D eigenvalue weighted by molar-refractivity contribution is 7.89. The van der Waals surface area contributed by atoms with E-state index in [1.165, 1.54) is 6.07 Å². The van der Waals surface area contributed by atoms with Gasteiger partial charge in [-0.05, 0) is 30.5 Å². The van der Waals surface area contributed by atoms with Gasteiger partial charge in [0, 0.05) is 6.54 Å². The molecule has 1 rings (SSSR count). The Kier molecular flexibility index (Phi) is 5.58. The predicted octanol–water partition coefficient (Wildman–Crippen LogP) is 2.10. The van der Waals surface area contributed by atoms with Gasteiger partial charge in [-0.2, -0.15) is 0 Å². The molecule has 6 heteroatoms. The van der Waals surface area contributed by atoms with Crippen molar-refractivity contribution in [2.75, 3.05) is 13.1 Å². The van der Waals surface area contributed by atoms with Crippen molar-refractivity contribution in [2.45, 2.75) is 45.8 Å². The third-order valence-corrected chi connectivity index (χ3v) is 3.69. The summed E-state index contributed by atoms with van der Waals surface area (Å²) in [4.78, 5) is 0. The summed E-state index contributed by atoms with van der Waals surface area (Å²) in [7, 11) is -3.55. The van der Waals surface area contributed by atoms with Crippen LogP contribution in [0.1, 0.15) is 39.9 Å². The second-order valence-corrected chi connectivity index (χ2v) is 7.48. The number of hydrogen-bond donors (Lipinski definition) is 2. The van der Waals surface area contributed by atoms with Gasteiger partial charge in [-0.1, -0.05) is 27.7 Å². The first-order valence-electron chi connectivity index (χ1n) is 6.54. The number of furan rings is 1. The van der Waals surface area contributed by atoms with E-state index in [9.17, 15) is 8.42 Å². The summed E-state index contributed by atoms with van der Waals surface area (Å²) in [6, 6.07) is 3.18. The second kappa shape index (κ2) is 6.54. The molecule has 0 unspecified atom stereocenters. The fourth-order valence-electron chi connectivity index (χ4n) is 1.37. The van der Waals surface area contributed by atoms with E-state index >= 15 is 0 Å². The molecule has 0 radical (unpaired) electrons. The molecule has 0 aliphatic carbocycles. The van der Waals surface area contributed by atoms with E-state index in [1.54, 1.807) is 6.07 Å². The molecule has 5 nitrogen and oxygen atoms in total. The van der Waals surface area contributed by atoms with Crippen LogP contribution in [0.4, 0.5) is 0 Å². The highest BCUT2D eigenvalue weighted by Crippen LogP contribution is 2.16. The van der Waals surface area contributed by atoms with Crippen LogP contribution in [0.15, 0.2) is 21.6 Å². The van der Waals surface area contributed by atoms with Crippen molar-refractivity contribution in [3.8, 4) is 0 Å². The number of rotatable bonds is 7. The smallest absolute Gasteiger partial charge is 0.273 e. The first-order valence-corrected chi connectivity index (χ1v) is 8.02. The molecule has 110 valence electrons. The average molecular weight is 288 g/mol. The molecule has 0 amide bonds. The summed E-state index contributed by atoms with van der Waals surface area (Å²) in [5.41, 5.74) is -0.106. The maximum absolute atomic E-state index is 12.0. The molecule has 0 atom stereocenters. The summed E-state index contributed by atoms with van der Waals surface area (Å²) < 4.78 is 31.9. The molecule has 0 bridgehead atoms. The zero-order valence-corrected chi connectivity index (χ0v) is 12.9. The quantitative estimate of drug-likeness (QED) is 0.754. The van der Waals surface area contributed by atoms with Crippen LogP contribution in [-0.2, 0) is 16.6 Å². The lowest BCUT2D eigenvalue weighted by Gasteiger charge is -2.17. The monoisotopic (exact) mass is 288 g/mol. The molecular formula is C13H24N2O3S. The number of hydrogen-bond acceptors (Lipinski definition) is 4. The van der Waals surface area contributed by atoms with Crippen molar-refractivity contribution in [1.29, 1.82) is 0 Å². The third kappa shape index (κ3) is 5.76. The third-order valence-electron chi connectivity index (χ3n) is 2.42. The van der Waals surface area contributed by atoms with Crippen molar-refractivity contribution >= 4 is 10.0 Å². The lowest BCUT2D eigenvalue weighted by atomic mass is 9.98. The number of sulfonamides is 1. The van der Waals surface area contributed by atoms with Gasteiger partial charge in [-0.25, -0.2) is 13.1 Å². The molecule has 1 heterocycles. The highest BCUT2D eigenvalue weighted by Gasteiger charge is 2.21. The standard InChI is InChI=1S/C13H24N2O3S/c1-5-8-14-9-11-6-7-12(18-11)19(16,17)15-10-13(2,3)4/h6-7,14-15H,5,8-10H2,1-4H3. The Balaban J connectivity index is 2.64. The molecule has 0 fully saturated rings. The summed E-state index contributed by atoms with van der Waals surface area (Å²) >= 11 is 0. The predicted molar refractivity (Wildman–Crippen MR) is 75.3 cm³/mol. The summed E-state index contributed by atoms with van der Waals surface area (Å²) in [6.45, 7) is 9.78. The van der Waals surface area contributed by atoms with Crippen LogP contribution < -0.4 is 10.0 Å². The molecule has 19 heavy (non-hydrogen) atoms. The van der Waals surface area contributed by atoms with Crippen molar-refractivity contribution < 1.29 is 12.8 Å². The zero-order valence-electron chi connectivity index (χ0n) is 12.1. The van der Waals surface area contributed by atoms with Gasteiger partial charge in [0.1, 0.15) is 5.76 Å². The van der Waals surface area contributed by atoms with Gasteiger partial charge in [-0.15, -0.1) is 0 Å². The number of nitrogens with one attached hydrogen (secondary N) is 2. The topological polar surface area (TPSA) is 71.3 Å². The van der Waals surface area contributed by atoms with E-state index < -0.39 is 10.0 Å². The molecule has 1 aromatic rings. The van der Waals surface area contributed by atoms with Crippen molar-refractivity contribution in [1.82, 2.24) is 10.0 Å². The minimum absolute atomic E-state index is 0.0231. The van der Waals surface area contributed by atoms with Crippen LogP contribution in [0.2, 0.25) is 0 Å². The van der Waals surface area contributed by atoms with Crippen LogP contribution in [0.25, 0.3) is 0 Å². The van der Waals surface area contributed by atoms with E-state index in [0.717, 1.165) is 13.0 Å². The Morgan fingerprint density at radius 3 is 2.53 bits per heavy atom. The van der Waals surface area contributed by atoms with Gasteiger partial charge >= 0.3 is 0 Å². The summed E-state index contributed by atoms with van der Waals surface area (Å²) in [5, 5.41) is 3.14. The van der Waals surface area contributed by atoms with Gasteiger partial charge in [0.05, 0.1) is 6.54 Å². The van der Waals surface area contributed by atoms with E-state index in [4.69, 9.17) is 4.42 Å². The van der Waals surface area contributed by atoms with Crippen LogP contribution in [-0.4, -0.2) is 21.5 Å². The summed E-state index contributed by atoms with van der Waals surface area (Å²) in [5.74, 6) is 0.629. The molecule has 1 aromatic heterocycles. The Labute approximate surface area is 115 Å². The fourth-order valence-corrected chi connectivity index (χ4v) is 2.60. The summed E-state index contributed by atoms with van der Waals surface area (Å²) in [6.07, 6.45) is 1.03. The molecule has 0 saturated heterocycles. The minimum Gasteiger partial charge on any atom is -0.447 e. The maximum atomic E-state index is 12.0. The minimum atomic E-state index is -3.55. The van der Waals surface area contributed by atoms with Crippen LogP contribution in [0.5, 0.6) is 0 Å². The Morgan fingerprint density at radius 2 is 1.95 bits per heavy atom. The van der Waals surface area contributed by atoms with Gasteiger partial charge in [0.15, 0.2) is 0 Å². The molecule has 0 aliphatic rings. The Bertz CT molecular complexity index is 486. The van der Waals surface area contributed by atoms with Gasteiger partial charge in [0.25, 0.3) is 10.0 Å².